The van der Waals surface area contributed by atoms with Crippen molar-refractivity contribution >= 4 is 17.8 Å². The van der Waals surface area contributed by atoms with E-state index in [0.29, 0.717) is 50.3 Å². The highest BCUT2D eigenvalue weighted by Crippen LogP contribution is 2.22. The number of aliphatic carboxylic acids is 1. The van der Waals surface area contributed by atoms with Gasteiger partial charge in [-0.15, -0.1) is 0 Å². The maximum Gasteiger partial charge on any atom is 0.303 e. The average molecular weight is 390 g/mol. The fraction of sp³-hybridized carbons (Fsp3) is 0.571. The van der Waals surface area contributed by atoms with Crippen LogP contribution in [0.25, 0.3) is 0 Å². The highest BCUT2D eigenvalue weighted by atomic mass is 16.5. The van der Waals surface area contributed by atoms with Gasteiger partial charge in [-0.2, -0.15) is 0 Å². The van der Waals surface area contributed by atoms with E-state index in [4.69, 9.17) is 9.84 Å². The number of amides is 2. The molecular formula is C21H30N2O5. The molecule has 1 aliphatic heterocycles. The Morgan fingerprint density at radius 3 is 2.79 bits per heavy atom. The molecule has 0 spiro atoms. The molecule has 0 bridgehead atoms. The molecule has 1 aromatic rings. The predicted octanol–water partition coefficient (Wildman–Crippen LogP) is 2.70. The highest BCUT2D eigenvalue weighted by Gasteiger charge is 2.23. The number of para-hydroxylation sites is 1. The number of carboxylic acids is 1. The first-order valence-electron chi connectivity index (χ1n) is 10.0. The van der Waals surface area contributed by atoms with Crippen molar-refractivity contribution in [1.29, 1.82) is 0 Å². The number of carboxylic acid groups (broad SMARTS) is 1. The number of piperidine rings is 1. The lowest BCUT2D eigenvalue weighted by molar-refractivity contribution is -0.137. The summed E-state index contributed by atoms with van der Waals surface area (Å²) in [7, 11) is 0. The van der Waals surface area contributed by atoms with Crippen molar-refractivity contribution in [2.75, 3.05) is 26.2 Å². The Labute approximate surface area is 166 Å². The lowest BCUT2D eigenvalue weighted by Crippen LogP contribution is -2.40. The zero-order valence-electron chi connectivity index (χ0n) is 16.5. The minimum Gasteiger partial charge on any atom is -0.493 e. The molecule has 7 heteroatoms. The number of carbonyl (C=O) groups is 3. The smallest absolute Gasteiger partial charge is 0.303 e. The van der Waals surface area contributed by atoms with Gasteiger partial charge in [0, 0.05) is 32.5 Å². The third-order valence-electron chi connectivity index (χ3n) is 4.92. The van der Waals surface area contributed by atoms with Crippen LogP contribution in [0.15, 0.2) is 24.3 Å². The molecule has 1 atom stereocenters. The standard InChI is InChI=1S/C21H30N2O5/c1-2-28-18-9-4-3-8-17(18)21(27)22-13-5-10-19(24)23-14-6-7-16(15-23)11-12-20(25)26/h3-4,8-9,16H,2,5-7,10-15H2,1H3,(H,22,27)(H,25,26). The molecule has 2 N–H and O–H groups in total. The van der Waals surface area contributed by atoms with Crippen molar-refractivity contribution in [1.82, 2.24) is 10.2 Å². The molecule has 0 saturated carbocycles. The number of likely N-dealkylation sites (tertiary alicyclic amines) is 1. The molecule has 1 aliphatic rings. The van der Waals surface area contributed by atoms with Crippen LogP contribution >= 0.6 is 0 Å². The topological polar surface area (TPSA) is 95.9 Å². The summed E-state index contributed by atoms with van der Waals surface area (Å²) in [5.74, 6) is -0.0971. The first kappa shape index (κ1) is 21.7. The first-order chi connectivity index (χ1) is 13.5. The van der Waals surface area contributed by atoms with Crippen LogP contribution in [-0.2, 0) is 9.59 Å². The second-order valence-corrected chi connectivity index (χ2v) is 7.07. The van der Waals surface area contributed by atoms with E-state index >= 15 is 0 Å². The molecule has 154 valence electrons. The summed E-state index contributed by atoms with van der Waals surface area (Å²) in [6.45, 7) is 4.15. The van der Waals surface area contributed by atoms with Gasteiger partial charge in [0.2, 0.25) is 5.91 Å². The molecule has 0 aliphatic carbocycles. The highest BCUT2D eigenvalue weighted by molar-refractivity contribution is 5.96. The van der Waals surface area contributed by atoms with E-state index in [1.165, 1.54) is 0 Å². The molecule has 1 unspecified atom stereocenters. The molecular weight excluding hydrogens is 360 g/mol. The summed E-state index contributed by atoms with van der Waals surface area (Å²) in [4.78, 5) is 37.3. The van der Waals surface area contributed by atoms with Crippen LogP contribution in [0.3, 0.4) is 0 Å². The van der Waals surface area contributed by atoms with Gasteiger partial charge < -0.3 is 20.1 Å². The van der Waals surface area contributed by atoms with Crippen LogP contribution in [0.4, 0.5) is 0 Å². The maximum atomic E-state index is 12.4. The zero-order valence-corrected chi connectivity index (χ0v) is 16.5. The molecule has 1 saturated heterocycles. The molecule has 0 radical (unpaired) electrons. The minimum atomic E-state index is -0.787. The number of nitrogens with zero attached hydrogens (tertiary/aromatic N) is 1. The number of benzene rings is 1. The SMILES string of the molecule is CCOc1ccccc1C(=O)NCCCC(=O)N1CCCC(CCC(=O)O)C1. The van der Waals surface area contributed by atoms with Crippen LogP contribution < -0.4 is 10.1 Å². The molecule has 1 heterocycles. The van der Waals surface area contributed by atoms with E-state index in [1.807, 2.05) is 17.9 Å². The number of rotatable bonds is 10. The molecule has 1 aromatic carbocycles. The minimum absolute atomic E-state index is 0.0731. The third-order valence-corrected chi connectivity index (χ3v) is 4.92. The van der Waals surface area contributed by atoms with Crippen LogP contribution in [0.2, 0.25) is 0 Å². The van der Waals surface area contributed by atoms with Gasteiger partial charge in [-0.3, -0.25) is 14.4 Å². The summed E-state index contributed by atoms with van der Waals surface area (Å²) < 4.78 is 5.47. The maximum absolute atomic E-state index is 12.4. The van der Waals surface area contributed by atoms with Gasteiger partial charge >= 0.3 is 5.97 Å². The van der Waals surface area contributed by atoms with Crippen LogP contribution in [-0.4, -0.2) is 54.0 Å². The predicted molar refractivity (Wildman–Crippen MR) is 105 cm³/mol. The summed E-state index contributed by atoms with van der Waals surface area (Å²) in [6.07, 6.45) is 3.61. The van der Waals surface area contributed by atoms with E-state index in [9.17, 15) is 14.4 Å². The Hall–Kier alpha value is -2.57. The van der Waals surface area contributed by atoms with E-state index in [0.717, 1.165) is 19.4 Å². The largest absolute Gasteiger partial charge is 0.493 e. The van der Waals surface area contributed by atoms with Gasteiger partial charge in [0.1, 0.15) is 5.75 Å². The Morgan fingerprint density at radius 1 is 1.25 bits per heavy atom. The van der Waals surface area contributed by atoms with Gasteiger partial charge in [-0.25, -0.2) is 0 Å². The van der Waals surface area contributed by atoms with Crippen molar-refractivity contribution in [3.63, 3.8) is 0 Å². The first-order valence-corrected chi connectivity index (χ1v) is 10.0. The van der Waals surface area contributed by atoms with E-state index in [1.54, 1.807) is 18.2 Å². The molecule has 28 heavy (non-hydrogen) atoms. The van der Waals surface area contributed by atoms with Crippen molar-refractivity contribution in [2.24, 2.45) is 5.92 Å². The van der Waals surface area contributed by atoms with Crippen molar-refractivity contribution in [3.05, 3.63) is 29.8 Å². The van der Waals surface area contributed by atoms with Crippen molar-refractivity contribution < 1.29 is 24.2 Å². The summed E-state index contributed by atoms with van der Waals surface area (Å²) in [5, 5.41) is 11.7. The van der Waals surface area contributed by atoms with Gasteiger partial charge in [0.05, 0.1) is 12.2 Å². The fourth-order valence-electron chi connectivity index (χ4n) is 3.49. The number of nitrogens with one attached hydrogen (secondary N) is 1. The molecule has 2 rings (SSSR count). The van der Waals surface area contributed by atoms with Gasteiger partial charge in [-0.1, -0.05) is 12.1 Å². The Kier molecular flexibility index (Phi) is 8.78. The lowest BCUT2D eigenvalue weighted by atomic mass is 9.93. The van der Waals surface area contributed by atoms with Crippen LogP contribution in [0.1, 0.15) is 55.8 Å². The molecule has 0 aromatic heterocycles. The number of ether oxygens (including phenoxy) is 1. The number of hydrogen-bond donors (Lipinski definition) is 2. The van der Waals surface area contributed by atoms with Gasteiger partial charge in [0.15, 0.2) is 0 Å². The van der Waals surface area contributed by atoms with Crippen LogP contribution in [0, 0.1) is 5.92 Å². The van der Waals surface area contributed by atoms with Crippen LogP contribution in [0.5, 0.6) is 5.75 Å². The number of carbonyl (C=O) groups excluding carboxylic acids is 2. The molecule has 7 nitrogen and oxygen atoms in total. The van der Waals surface area contributed by atoms with E-state index < -0.39 is 5.97 Å². The van der Waals surface area contributed by atoms with E-state index in [2.05, 4.69) is 5.32 Å². The van der Waals surface area contributed by atoms with E-state index in [-0.39, 0.29) is 24.2 Å². The van der Waals surface area contributed by atoms with Gasteiger partial charge in [0.25, 0.3) is 5.91 Å². The molecule has 2 amide bonds. The lowest BCUT2D eigenvalue weighted by Gasteiger charge is -2.32. The van der Waals surface area contributed by atoms with Crippen molar-refractivity contribution in [3.8, 4) is 5.75 Å². The number of hydrogen-bond acceptors (Lipinski definition) is 4. The third kappa shape index (κ3) is 6.87. The second-order valence-electron chi connectivity index (χ2n) is 7.07. The normalized spacial score (nSPS) is 16.5. The van der Waals surface area contributed by atoms with Crippen molar-refractivity contribution in [2.45, 2.75) is 45.4 Å². The molecule has 1 fully saturated rings. The Balaban J connectivity index is 1.72. The quantitative estimate of drug-likeness (QED) is 0.599. The average Bonchev–Trinajstić information content (AvgIpc) is 2.70. The second kappa shape index (κ2) is 11.3. The van der Waals surface area contributed by atoms with Gasteiger partial charge in [-0.05, 0) is 50.7 Å². The Bertz CT molecular complexity index is 677. The summed E-state index contributed by atoms with van der Waals surface area (Å²) >= 11 is 0. The summed E-state index contributed by atoms with van der Waals surface area (Å²) in [6, 6.07) is 7.09. The monoisotopic (exact) mass is 390 g/mol. The fourth-order valence-corrected chi connectivity index (χ4v) is 3.49. The zero-order chi connectivity index (χ0) is 20.4. The Morgan fingerprint density at radius 2 is 2.04 bits per heavy atom. The summed E-state index contributed by atoms with van der Waals surface area (Å²) in [5.41, 5.74) is 0.493.